The molecule has 1 rings (SSSR count). The molecule has 0 spiro atoms. The van der Waals surface area contributed by atoms with Crippen LogP contribution >= 0.6 is 0 Å². The lowest BCUT2D eigenvalue weighted by molar-refractivity contribution is -0.125. The number of nitrogens with two attached hydrogens (primary N) is 2. The minimum atomic E-state index is -1.24. The third kappa shape index (κ3) is 4.11. The third-order valence-electron chi connectivity index (χ3n) is 2.64. The first-order chi connectivity index (χ1) is 9.49. The number of nitrogens with zero attached hydrogens (tertiary/aromatic N) is 1. The van der Waals surface area contributed by atoms with Gasteiger partial charge in [0.1, 0.15) is 11.9 Å². The molecule has 1 atom stereocenters. The Hall–Kier alpha value is -2.32. The summed E-state index contributed by atoms with van der Waals surface area (Å²) in [5, 5.41) is 23.8. The van der Waals surface area contributed by atoms with E-state index in [0.29, 0.717) is 17.9 Å². The van der Waals surface area contributed by atoms with Crippen LogP contribution in [-0.4, -0.2) is 41.8 Å². The lowest BCUT2D eigenvalue weighted by Crippen LogP contribution is -2.37. The number of oxime groups is 1. The summed E-state index contributed by atoms with van der Waals surface area (Å²) in [4.78, 5) is 10.7. The van der Waals surface area contributed by atoms with E-state index in [4.69, 9.17) is 21.4 Å². The largest absolute Gasteiger partial charge is 0.496 e. The van der Waals surface area contributed by atoms with Gasteiger partial charge in [0.2, 0.25) is 5.91 Å². The van der Waals surface area contributed by atoms with Crippen LogP contribution in [0.4, 0.5) is 0 Å². The summed E-state index contributed by atoms with van der Waals surface area (Å²) in [5.74, 6) is -0.383. The molecular formula is C12H18N4O4. The summed E-state index contributed by atoms with van der Waals surface area (Å²) in [6.45, 7) is 0.417. The number of carbonyl (C=O) groups is 1. The van der Waals surface area contributed by atoms with Crippen molar-refractivity contribution in [1.29, 1.82) is 0 Å². The molecule has 1 amide bonds. The van der Waals surface area contributed by atoms with Gasteiger partial charge in [0.05, 0.1) is 12.7 Å². The van der Waals surface area contributed by atoms with E-state index in [0.717, 1.165) is 5.56 Å². The van der Waals surface area contributed by atoms with Crippen LogP contribution in [0.25, 0.3) is 0 Å². The number of primary amides is 1. The molecule has 7 N–H and O–H groups in total. The highest BCUT2D eigenvalue weighted by atomic mass is 16.5. The lowest BCUT2D eigenvalue weighted by Gasteiger charge is -2.11. The molecule has 110 valence electrons. The molecule has 20 heavy (non-hydrogen) atoms. The van der Waals surface area contributed by atoms with Crippen molar-refractivity contribution >= 4 is 11.7 Å². The Kier molecular flexibility index (Phi) is 5.75. The van der Waals surface area contributed by atoms with Crippen molar-refractivity contribution in [1.82, 2.24) is 5.32 Å². The van der Waals surface area contributed by atoms with Gasteiger partial charge in [-0.1, -0.05) is 11.2 Å². The number of rotatable bonds is 7. The Morgan fingerprint density at radius 2 is 2.20 bits per heavy atom. The van der Waals surface area contributed by atoms with Crippen molar-refractivity contribution in [2.75, 3.05) is 13.7 Å². The van der Waals surface area contributed by atoms with Gasteiger partial charge in [0.15, 0.2) is 5.84 Å². The average molecular weight is 282 g/mol. The number of hydrogen-bond acceptors (Lipinski definition) is 6. The van der Waals surface area contributed by atoms with Crippen LogP contribution in [0.5, 0.6) is 5.75 Å². The average Bonchev–Trinajstić information content (AvgIpc) is 2.45. The van der Waals surface area contributed by atoms with E-state index >= 15 is 0 Å². The Balaban J connectivity index is 2.75. The predicted molar refractivity (Wildman–Crippen MR) is 72.4 cm³/mol. The van der Waals surface area contributed by atoms with E-state index < -0.39 is 12.0 Å². The van der Waals surface area contributed by atoms with Gasteiger partial charge in [-0.25, -0.2) is 0 Å². The quantitative estimate of drug-likeness (QED) is 0.182. The van der Waals surface area contributed by atoms with Crippen molar-refractivity contribution in [3.63, 3.8) is 0 Å². The molecule has 0 saturated carbocycles. The first-order valence-corrected chi connectivity index (χ1v) is 5.82. The SMILES string of the molecule is COc1ccc(CNCC(O)C(N)=O)cc1/C(N)=N/O. The maximum atomic E-state index is 10.7. The summed E-state index contributed by atoms with van der Waals surface area (Å²) in [5.41, 5.74) is 11.7. The van der Waals surface area contributed by atoms with E-state index in [-0.39, 0.29) is 12.4 Å². The van der Waals surface area contributed by atoms with Crippen LogP contribution < -0.4 is 21.5 Å². The number of aliphatic hydroxyl groups is 1. The smallest absolute Gasteiger partial charge is 0.247 e. The van der Waals surface area contributed by atoms with Gasteiger partial charge >= 0.3 is 0 Å². The van der Waals surface area contributed by atoms with Crippen molar-refractivity contribution in [2.45, 2.75) is 12.6 Å². The molecule has 0 fully saturated rings. The minimum Gasteiger partial charge on any atom is -0.496 e. The number of aliphatic hydroxyl groups excluding tert-OH is 1. The Labute approximate surface area is 116 Å². The number of amides is 1. The molecule has 0 aromatic heterocycles. The number of amidine groups is 1. The predicted octanol–water partition coefficient (Wildman–Crippen LogP) is -1.27. The van der Waals surface area contributed by atoms with Gasteiger partial charge < -0.3 is 31.8 Å². The molecular weight excluding hydrogens is 264 g/mol. The summed E-state index contributed by atoms with van der Waals surface area (Å²) in [6.07, 6.45) is -1.24. The van der Waals surface area contributed by atoms with Gasteiger partial charge in [0.25, 0.3) is 0 Å². The maximum absolute atomic E-state index is 10.7. The monoisotopic (exact) mass is 282 g/mol. The van der Waals surface area contributed by atoms with E-state index in [1.807, 2.05) is 0 Å². The molecule has 1 aromatic rings. The van der Waals surface area contributed by atoms with Crippen LogP contribution in [0.2, 0.25) is 0 Å². The molecule has 0 heterocycles. The molecule has 1 unspecified atom stereocenters. The Morgan fingerprint density at radius 3 is 2.75 bits per heavy atom. The highest BCUT2D eigenvalue weighted by Gasteiger charge is 2.11. The summed E-state index contributed by atoms with van der Waals surface area (Å²) < 4.78 is 5.10. The van der Waals surface area contributed by atoms with Gasteiger partial charge in [0, 0.05) is 13.1 Å². The number of methoxy groups -OCH3 is 1. The highest BCUT2D eigenvalue weighted by Crippen LogP contribution is 2.19. The first kappa shape index (κ1) is 15.7. The molecule has 0 radical (unpaired) electrons. The van der Waals surface area contributed by atoms with Crippen molar-refractivity contribution in [3.05, 3.63) is 29.3 Å². The summed E-state index contributed by atoms with van der Waals surface area (Å²) in [7, 11) is 1.48. The van der Waals surface area contributed by atoms with Crippen molar-refractivity contribution in [2.24, 2.45) is 16.6 Å². The number of carbonyl (C=O) groups excluding carboxylic acids is 1. The van der Waals surface area contributed by atoms with Crippen LogP contribution in [0.1, 0.15) is 11.1 Å². The molecule has 8 heteroatoms. The molecule has 0 aliphatic heterocycles. The zero-order valence-electron chi connectivity index (χ0n) is 11.0. The maximum Gasteiger partial charge on any atom is 0.247 e. The first-order valence-electron chi connectivity index (χ1n) is 5.82. The fourth-order valence-electron chi connectivity index (χ4n) is 1.57. The standard InChI is InChI=1S/C12H18N4O4/c1-20-10-3-2-7(4-8(10)11(13)16-19)5-15-6-9(17)12(14)18/h2-4,9,15,17,19H,5-6H2,1H3,(H2,13,16)(H2,14,18). The molecule has 0 bridgehead atoms. The van der Waals surface area contributed by atoms with Gasteiger partial charge in [-0.3, -0.25) is 4.79 Å². The number of hydrogen-bond donors (Lipinski definition) is 5. The second-order valence-electron chi connectivity index (χ2n) is 4.07. The number of ether oxygens (including phenoxy) is 1. The van der Waals surface area contributed by atoms with Crippen molar-refractivity contribution in [3.8, 4) is 5.75 Å². The topological polar surface area (TPSA) is 143 Å². The second kappa shape index (κ2) is 7.31. The van der Waals surface area contributed by atoms with Crippen molar-refractivity contribution < 1.29 is 19.8 Å². The summed E-state index contributed by atoms with van der Waals surface area (Å²) in [6, 6.07) is 5.13. The van der Waals surface area contributed by atoms with E-state index in [1.165, 1.54) is 7.11 Å². The third-order valence-corrected chi connectivity index (χ3v) is 2.64. The molecule has 0 saturated heterocycles. The van der Waals surface area contributed by atoms with Crippen LogP contribution in [0.3, 0.4) is 0 Å². The normalized spacial score (nSPS) is 13.0. The van der Waals surface area contributed by atoms with Crippen LogP contribution in [-0.2, 0) is 11.3 Å². The lowest BCUT2D eigenvalue weighted by atomic mass is 10.1. The zero-order valence-corrected chi connectivity index (χ0v) is 11.0. The molecule has 1 aromatic carbocycles. The highest BCUT2D eigenvalue weighted by molar-refractivity contribution is 5.99. The fourth-order valence-corrected chi connectivity index (χ4v) is 1.57. The van der Waals surface area contributed by atoms with E-state index in [1.54, 1.807) is 18.2 Å². The number of benzene rings is 1. The van der Waals surface area contributed by atoms with Gasteiger partial charge in [-0.05, 0) is 17.7 Å². The molecule has 8 nitrogen and oxygen atoms in total. The Morgan fingerprint density at radius 1 is 1.50 bits per heavy atom. The van der Waals surface area contributed by atoms with Gasteiger partial charge in [-0.2, -0.15) is 0 Å². The zero-order chi connectivity index (χ0) is 15.1. The van der Waals surface area contributed by atoms with Crippen LogP contribution in [0.15, 0.2) is 23.4 Å². The minimum absolute atomic E-state index is 0.0419. The Bertz CT molecular complexity index is 504. The molecule has 0 aliphatic rings. The van der Waals surface area contributed by atoms with Crippen LogP contribution in [0, 0.1) is 0 Å². The van der Waals surface area contributed by atoms with E-state index in [9.17, 15) is 9.90 Å². The molecule has 0 aliphatic carbocycles. The van der Waals surface area contributed by atoms with Gasteiger partial charge in [-0.15, -0.1) is 0 Å². The summed E-state index contributed by atoms with van der Waals surface area (Å²) >= 11 is 0. The number of nitrogens with one attached hydrogen (secondary N) is 1. The fraction of sp³-hybridized carbons (Fsp3) is 0.333. The van der Waals surface area contributed by atoms with E-state index in [2.05, 4.69) is 10.5 Å². The second-order valence-corrected chi connectivity index (χ2v) is 4.07.